The summed E-state index contributed by atoms with van der Waals surface area (Å²) < 4.78 is 7.02. The van der Waals surface area contributed by atoms with Crippen molar-refractivity contribution in [3.05, 3.63) is 61.7 Å². The molecule has 1 heterocycles. The molecule has 0 spiro atoms. The first-order valence-electron chi connectivity index (χ1n) is 7.10. The minimum atomic E-state index is -0.227. The lowest BCUT2D eigenvalue weighted by Gasteiger charge is -2.07. The predicted octanol–water partition coefficient (Wildman–Crippen LogP) is 2.91. The monoisotopic (exact) mass is 435 g/mol. The van der Waals surface area contributed by atoms with Gasteiger partial charge in [0.2, 0.25) is 0 Å². The molecule has 0 atom stereocenters. The minimum Gasteiger partial charge on any atom is -0.504 e. The summed E-state index contributed by atoms with van der Waals surface area (Å²) in [6, 6.07) is 10.6. The van der Waals surface area contributed by atoms with Gasteiger partial charge in [0, 0.05) is 0 Å². The molecule has 0 aliphatic rings. The number of rotatable bonds is 3. The van der Waals surface area contributed by atoms with Crippen LogP contribution in [-0.2, 0) is 0 Å². The number of phenols is 1. The van der Waals surface area contributed by atoms with Crippen molar-refractivity contribution in [3.8, 4) is 11.5 Å². The maximum atomic E-state index is 12.6. The molecule has 0 radical (unpaired) electrons. The van der Waals surface area contributed by atoms with E-state index in [4.69, 9.17) is 4.74 Å². The minimum absolute atomic E-state index is 0.0796. The second kappa shape index (κ2) is 6.60. The van der Waals surface area contributed by atoms with Crippen LogP contribution in [0.15, 0.2) is 46.3 Å². The molecule has 0 aliphatic carbocycles. The van der Waals surface area contributed by atoms with Crippen molar-refractivity contribution in [3.63, 3.8) is 0 Å². The standard InChI is InChI=1S/C17H14IN3O3/c1-10-20-14-6-4-3-5-12(14)17(23)21(10)19-9-11-7-13(18)16(22)15(8-11)24-2/h3-9,22H,1-2H3/b19-9-. The molecule has 0 amide bonds. The molecule has 0 aliphatic heterocycles. The van der Waals surface area contributed by atoms with Gasteiger partial charge in [-0.05, 0) is 59.3 Å². The fourth-order valence-corrected chi connectivity index (χ4v) is 2.94. The largest absolute Gasteiger partial charge is 0.504 e. The predicted molar refractivity (Wildman–Crippen MR) is 101 cm³/mol. The van der Waals surface area contributed by atoms with Gasteiger partial charge >= 0.3 is 0 Å². The molecule has 122 valence electrons. The Bertz CT molecular complexity index is 1010. The zero-order valence-corrected chi connectivity index (χ0v) is 15.2. The van der Waals surface area contributed by atoms with Gasteiger partial charge in [0.25, 0.3) is 5.56 Å². The van der Waals surface area contributed by atoms with Gasteiger partial charge in [-0.1, -0.05) is 12.1 Å². The number of fused-ring (bicyclic) bond motifs is 1. The van der Waals surface area contributed by atoms with Gasteiger partial charge in [0.05, 0.1) is 27.8 Å². The number of aromatic nitrogens is 2. The molecule has 24 heavy (non-hydrogen) atoms. The Morgan fingerprint density at radius 1 is 1.33 bits per heavy atom. The highest BCUT2D eigenvalue weighted by Crippen LogP contribution is 2.31. The van der Waals surface area contributed by atoms with Gasteiger partial charge in [-0.25, -0.2) is 4.98 Å². The first kappa shape index (κ1) is 16.4. The highest BCUT2D eigenvalue weighted by atomic mass is 127. The molecular weight excluding hydrogens is 421 g/mol. The smallest absolute Gasteiger partial charge is 0.282 e. The number of aromatic hydroxyl groups is 1. The second-order valence-corrected chi connectivity index (χ2v) is 6.25. The lowest BCUT2D eigenvalue weighted by atomic mass is 10.2. The van der Waals surface area contributed by atoms with Crippen molar-refractivity contribution >= 4 is 39.7 Å². The Balaban J connectivity index is 2.09. The molecular formula is C17H14IN3O3. The van der Waals surface area contributed by atoms with Crippen molar-refractivity contribution in [2.75, 3.05) is 7.11 Å². The quantitative estimate of drug-likeness (QED) is 0.507. The molecule has 6 nitrogen and oxygen atoms in total. The van der Waals surface area contributed by atoms with Gasteiger partial charge in [-0.15, -0.1) is 0 Å². The summed E-state index contributed by atoms with van der Waals surface area (Å²) in [4.78, 5) is 17.0. The first-order chi connectivity index (χ1) is 11.5. The van der Waals surface area contributed by atoms with Crippen molar-refractivity contribution in [1.82, 2.24) is 9.66 Å². The Morgan fingerprint density at radius 3 is 2.83 bits per heavy atom. The lowest BCUT2D eigenvalue weighted by Crippen LogP contribution is -2.20. The highest BCUT2D eigenvalue weighted by molar-refractivity contribution is 14.1. The number of hydrogen-bond acceptors (Lipinski definition) is 5. The van der Waals surface area contributed by atoms with E-state index in [0.717, 1.165) is 0 Å². The second-order valence-electron chi connectivity index (χ2n) is 5.09. The van der Waals surface area contributed by atoms with Crippen LogP contribution in [0.2, 0.25) is 0 Å². The molecule has 0 unspecified atom stereocenters. The molecule has 0 saturated heterocycles. The number of hydrogen-bond donors (Lipinski definition) is 1. The topological polar surface area (TPSA) is 76.7 Å². The SMILES string of the molecule is COc1cc(/C=N\n2c(C)nc3ccccc3c2=O)cc(I)c1O. The third-order valence-corrected chi connectivity index (χ3v) is 4.33. The Labute approximate surface area is 151 Å². The number of benzene rings is 2. The van der Waals surface area contributed by atoms with E-state index in [1.165, 1.54) is 18.0 Å². The normalized spacial score (nSPS) is 11.3. The average molecular weight is 435 g/mol. The van der Waals surface area contributed by atoms with Crippen LogP contribution in [-0.4, -0.2) is 28.1 Å². The fraction of sp³-hybridized carbons (Fsp3) is 0.118. The van der Waals surface area contributed by atoms with E-state index in [2.05, 4.69) is 10.1 Å². The van der Waals surface area contributed by atoms with E-state index in [1.807, 2.05) is 28.7 Å². The zero-order chi connectivity index (χ0) is 17.3. The molecule has 0 saturated carbocycles. The van der Waals surface area contributed by atoms with Crippen LogP contribution < -0.4 is 10.3 Å². The van der Waals surface area contributed by atoms with E-state index in [9.17, 15) is 9.90 Å². The average Bonchev–Trinajstić information content (AvgIpc) is 2.57. The van der Waals surface area contributed by atoms with Crippen LogP contribution in [0.1, 0.15) is 11.4 Å². The van der Waals surface area contributed by atoms with E-state index >= 15 is 0 Å². The number of para-hydroxylation sites is 1. The van der Waals surface area contributed by atoms with Crippen molar-refractivity contribution in [2.45, 2.75) is 6.92 Å². The van der Waals surface area contributed by atoms with Gasteiger partial charge < -0.3 is 9.84 Å². The molecule has 1 aromatic heterocycles. The van der Waals surface area contributed by atoms with Crippen LogP contribution >= 0.6 is 22.6 Å². The highest BCUT2D eigenvalue weighted by Gasteiger charge is 2.09. The third-order valence-electron chi connectivity index (χ3n) is 3.51. The zero-order valence-electron chi connectivity index (χ0n) is 13.0. The van der Waals surface area contributed by atoms with E-state index in [0.29, 0.717) is 31.6 Å². The van der Waals surface area contributed by atoms with Crippen LogP contribution in [0, 0.1) is 10.5 Å². The third kappa shape index (κ3) is 2.99. The van der Waals surface area contributed by atoms with Crippen molar-refractivity contribution in [2.24, 2.45) is 5.10 Å². The molecule has 7 heteroatoms. The lowest BCUT2D eigenvalue weighted by molar-refractivity contribution is 0.371. The van der Waals surface area contributed by atoms with Crippen LogP contribution in [0.25, 0.3) is 10.9 Å². The number of phenolic OH excluding ortho intramolecular Hbond substituents is 1. The van der Waals surface area contributed by atoms with E-state index in [-0.39, 0.29) is 11.3 Å². The van der Waals surface area contributed by atoms with Gasteiger partial charge in [-0.2, -0.15) is 9.78 Å². The molecule has 0 bridgehead atoms. The summed E-state index contributed by atoms with van der Waals surface area (Å²) in [6.45, 7) is 1.73. The summed E-state index contributed by atoms with van der Waals surface area (Å²) >= 11 is 2.01. The Kier molecular flexibility index (Phi) is 4.52. The molecule has 1 N–H and O–H groups in total. The number of methoxy groups -OCH3 is 1. The number of halogens is 1. The van der Waals surface area contributed by atoms with Crippen LogP contribution in [0.4, 0.5) is 0 Å². The van der Waals surface area contributed by atoms with Crippen LogP contribution in [0.5, 0.6) is 11.5 Å². The van der Waals surface area contributed by atoms with Crippen molar-refractivity contribution < 1.29 is 9.84 Å². The van der Waals surface area contributed by atoms with Gasteiger partial charge in [-0.3, -0.25) is 4.79 Å². The first-order valence-corrected chi connectivity index (χ1v) is 8.18. The summed E-state index contributed by atoms with van der Waals surface area (Å²) in [5.41, 5.74) is 1.12. The Hall–Kier alpha value is -2.42. The molecule has 3 rings (SSSR count). The molecule has 3 aromatic rings. The van der Waals surface area contributed by atoms with E-state index in [1.54, 1.807) is 37.3 Å². The summed E-state index contributed by atoms with van der Waals surface area (Å²) in [5, 5.41) is 14.6. The van der Waals surface area contributed by atoms with Gasteiger partial charge in [0.15, 0.2) is 11.5 Å². The summed E-state index contributed by atoms with van der Waals surface area (Å²) in [7, 11) is 1.48. The Morgan fingerprint density at radius 2 is 2.08 bits per heavy atom. The summed E-state index contributed by atoms with van der Waals surface area (Å²) in [5.74, 6) is 0.926. The molecule has 2 aromatic carbocycles. The maximum Gasteiger partial charge on any atom is 0.282 e. The fourth-order valence-electron chi connectivity index (χ4n) is 2.32. The number of aryl methyl sites for hydroxylation is 1. The van der Waals surface area contributed by atoms with Gasteiger partial charge in [0.1, 0.15) is 5.82 Å². The summed E-state index contributed by atoms with van der Waals surface area (Å²) in [6.07, 6.45) is 1.54. The number of nitrogens with zero attached hydrogens (tertiary/aromatic N) is 3. The van der Waals surface area contributed by atoms with Crippen LogP contribution in [0.3, 0.4) is 0 Å². The van der Waals surface area contributed by atoms with Crippen molar-refractivity contribution in [1.29, 1.82) is 0 Å². The maximum absolute atomic E-state index is 12.6. The number of ether oxygens (including phenoxy) is 1. The molecule has 0 fully saturated rings. The van der Waals surface area contributed by atoms with E-state index < -0.39 is 0 Å².